The summed E-state index contributed by atoms with van der Waals surface area (Å²) in [7, 11) is 0. The highest BCUT2D eigenvalue weighted by Crippen LogP contribution is 2.43. The Hall–Kier alpha value is -2.22. The number of hydrogen-bond acceptors (Lipinski definition) is 5. The van der Waals surface area contributed by atoms with Gasteiger partial charge in [0.1, 0.15) is 6.04 Å². The van der Waals surface area contributed by atoms with Gasteiger partial charge in [-0.3, -0.25) is 14.4 Å². The fourth-order valence-electron chi connectivity index (χ4n) is 3.95. The van der Waals surface area contributed by atoms with Crippen LogP contribution in [0.2, 0.25) is 0 Å². The first-order valence-electron chi connectivity index (χ1n) is 8.62. The average molecular weight is 378 g/mol. The van der Waals surface area contributed by atoms with E-state index in [1.807, 2.05) is 0 Å². The lowest BCUT2D eigenvalue weighted by Crippen LogP contribution is -2.44. The van der Waals surface area contributed by atoms with E-state index in [0.29, 0.717) is 48.7 Å². The molecule has 1 aromatic heterocycles. The fourth-order valence-corrected chi connectivity index (χ4v) is 4.82. The van der Waals surface area contributed by atoms with Gasteiger partial charge in [-0.05, 0) is 43.7 Å². The number of Topliss-reactive ketones (excluding diaryl/α,β-unsaturated/α-hetero) is 1. The zero-order chi connectivity index (χ0) is 19.1. The van der Waals surface area contributed by atoms with Crippen molar-refractivity contribution in [2.45, 2.75) is 39.2 Å². The smallest absolute Gasteiger partial charge is 0.326 e. The molecule has 2 aliphatic rings. The fraction of sp³-hybridized carbons (Fsp3) is 0.556. The Kier molecular flexibility index (Phi) is 4.88. The molecule has 0 aliphatic carbocycles. The van der Waals surface area contributed by atoms with Crippen molar-refractivity contribution < 1.29 is 24.3 Å². The summed E-state index contributed by atoms with van der Waals surface area (Å²) < 4.78 is 0. The van der Waals surface area contributed by atoms with Gasteiger partial charge in [0, 0.05) is 26.6 Å². The van der Waals surface area contributed by atoms with Crippen LogP contribution in [0.5, 0.6) is 0 Å². The molecule has 3 rings (SSSR count). The highest BCUT2D eigenvalue weighted by molar-refractivity contribution is 7.15. The Bertz CT molecular complexity index is 739. The Labute approximate surface area is 155 Å². The topological polar surface area (TPSA) is 95.0 Å². The summed E-state index contributed by atoms with van der Waals surface area (Å²) in [6.45, 7) is 4.38. The molecule has 0 saturated carbocycles. The second-order valence-corrected chi connectivity index (χ2v) is 8.30. The largest absolute Gasteiger partial charge is 0.480 e. The number of nitrogens with zero attached hydrogens (tertiary/aromatic N) is 2. The van der Waals surface area contributed by atoms with Crippen molar-refractivity contribution in [2.24, 2.45) is 5.41 Å². The first-order valence-corrected chi connectivity index (χ1v) is 9.44. The van der Waals surface area contributed by atoms with E-state index in [2.05, 4.69) is 0 Å². The minimum atomic E-state index is -0.967. The summed E-state index contributed by atoms with van der Waals surface area (Å²) in [5.41, 5.74) is -0.231. The lowest BCUT2D eigenvalue weighted by molar-refractivity contribution is -0.147. The molecule has 2 amide bonds. The molecule has 1 unspecified atom stereocenters. The summed E-state index contributed by atoms with van der Waals surface area (Å²) in [5, 5.41) is 9.40. The number of carbonyl (C=O) groups excluding carboxylic acids is 3. The zero-order valence-electron chi connectivity index (χ0n) is 14.9. The molecule has 1 atom stereocenters. The maximum absolute atomic E-state index is 12.7. The summed E-state index contributed by atoms with van der Waals surface area (Å²) in [6.07, 6.45) is 1.80. The molecule has 26 heavy (non-hydrogen) atoms. The number of likely N-dealkylation sites (tertiary alicyclic amines) is 2. The van der Waals surface area contributed by atoms with E-state index >= 15 is 0 Å². The molecular formula is C18H22N2O5S. The maximum atomic E-state index is 12.7. The Morgan fingerprint density at radius 1 is 1.12 bits per heavy atom. The number of ketones is 1. The molecule has 0 bridgehead atoms. The van der Waals surface area contributed by atoms with Crippen LogP contribution in [0.25, 0.3) is 0 Å². The van der Waals surface area contributed by atoms with E-state index in [1.54, 1.807) is 17.0 Å². The van der Waals surface area contributed by atoms with Gasteiger partial charge >= 0.3 is 5.97 Å². The molecule has 1 aromatic rings. The van der Waals surface area contributed by atoms with Crippen molar-refractivity contribution >= 4 is 34.9 Å². The molecule has 140 valence electrons. The van der Waals surface area contributed by atoms with Crippen molar-refractivity contribution in [3.8, 4) is 0 Å². The van der Waals surface area contributed by atoms with Gasteiger partial charge in [-0.25, -0.2) is 4.79 Å². The Morgan fingerprint density at radius 2 is 1.73 bits per heavy atom. The molecule has 2 saturated heterocycles. The van der Waals surface area contributed by atoms with Crippen molar-refractivity contribution in [1.82, 2.24) is 9.80 Å². The molecule has 0 radical (unpaired) electrons. The number of hydrogen-bond donors (Lipinski definition) is 1. The third-order valence-corrected chi connectivity index (χ3v) is 6.65. The van der Waals surface area contributed by atoms with E-state index < -0.39 is 12.0 Å². The van der Waals surface area contributed by atoms with Crippen molar-refractivity contribution in [3.63, 3.8) is 0 Å². The second kappa shape index (κ2) is 6.83. The average Bonchev–Trinajstić information content (AvgIpc) is 3.21. The second-order valence-electron chi connectivity index (χ2n) is 7.22. The third kappa shape index (κ3) is 3.38. The Morgan fingerprint density at radius 3 is 2.19 bits per heavy atom. The number of aliphatic carboxylic acids is 1. The lowest BCUT2D eigenvalue weighted by Gasteiger charge is -2.39. The van der Waals surface area contributed by atoms with Crippen LogP contribution in [-0.2, 0) is 9.59 Å². The van der Waals surface area contributed by atoms with E-state index in [-0.39, 0.29) is 23.0 Å². The number of carboxylic acid groups (broad SMARTS) is 1. The summed E-state index contributed by atoms with van der Waals surface area (Å²) in [5.74, 6) is -1.33. The van der Waals surface area contributed by atoms with Crippen LogP contribution < -0.4 is 0 Å². The predicted octanol–water partition coefficient (Wildman–Crippen LogP) is 1.88. The van der Waals surface area contributed by atoms with E-state index in [1.165, 1.54) is 30.1 Å². The van der Waals surface area contributed by atoms with E-state index in [9.17, 15) is 24.3 Å². The molecule has 0 aromatic carbocycles. The van der Waals surface area contributed by atoms with Crippen LogP contribution in [0.1, 0.15) is 52.5 Å². The molecular weight excluding hydrogens is 356 g/mol. The van der Waals surface area contributed by atoms with Gasteiger partial charge in [-0.15, -0.1) is 11.3 Å². The molecule has 3 heterocycles. The zero-order valence-corrected chi connectivity index (χ0v) is 15.7. The molecule has 7 nitrogen and oxygen atoms in total. The van der Waals surface area contributed by atoms with Gasteiger partial charge in [-0.2, -0.15) is 0 Å². The van der Waals surface area contributed by atoms with Crippen LogP contribution in [-0.4, -0.2) is 64.1 Å². The first kappa shape index (κ1) is 18.6. The van der Waals surface area contributed by atoms with E-state index in [0.717, 1.165) is 0 Å². The monoisotopic (exact) mass is 378 g/mol. The summed E-state index contributed by atoms with van der Waals surface area (Å²) in [4.78, 5) is 51.6. The highest BCUT2D eigenvalue weighted by atomic mass is 32.1. The van der Waals surface area contributed by atoms with Gasteiger partial charge in [-0.1, -0.05) is 0 Å². The van der Waals surface area contributed by atoms with Gasteiger partial charge < -0.3 is 14.9 Å². The quantitative estimate of drug-likeness (QED) is 0.811. The number of amides is 2. The number of thiophene rings is 1. The molecule has 2 aliphatic heterocycles. The predicted molar refractivity (Wildman–Crippen MR) is 95.3 cm³/mol. The van der Waals surface area contributed by atoms with Gasteiger partial charge in [0.05, 0.1) is 9.75 Å². The van der Waals surface area contributed by atoms with Crippen LogP contribution in [0.15, 0.2) is 12.1 Å². The van der Waals surface area contributed by atoms with E-state index in [4.69, 9.17) is 0 Å². The Balaban J connectivity index is 1.67. The van der Waals surface area contributed by atoms with Crippen LogP contribution in [0.4, 0.5) is 0 Å². The minimum Gasteiger partial charge on any atom is -0.480 e. The van der Waals surface area contributed by atoms with Gasteiger partial charge in [0.25, 0.3) is 5.91 Å². The SMILES string of the molecule is CC(=O)c1ccc(C(=O)N2CCC3(CC2)CC(C(=O)O)N(C(C)=O)C3)s1. The molecule has 1 N–H and O–H groups in total. The van der Waals surface area contributed by atoms with Gasteiger partial charge in [0.2, 0.25) is 5.91 Å². The van der Waals surface area contributed by atoms with Crippen LogP contribution in [0, 0.1) is 5.41 Å². The number of piperidine rings is 1. The van der Waals surface area contributed by atoms with Crippen molar-refractivity contribution in [2.75, 3.05) is 19.6 Å². The van der Waals surface area contributed by atoms with Crippen LogP contribution >= 0.6 is 11.3 Å². The minimum absolute atomic E-state index is 0.0540. The summed E-state index contributed by atoms with van der Waals surface area (Å²) >= 11 is 1.20. The normalized spacial score (nSPS) is 21.8. The van der Waals surface area contributed by atoms with Gasteiger partial charge in [0.15, 0.2) is 5.78 Å². The third-order valence-electron chi connectivity index (χ3n) is 5.47. The number of carboxylic acids is 1. The van der Waals surface area contributed by atoms with Crippen molar-refractivity contribution in [1.29, 1.82) is 0 Å². The molecule has 2 fully saturated rings. The van der Waals surface area contributed by atoms with Crippen LogP contribution in [0.3, 0.4) is 0 Å². The van der Waals surface area contributed by atoms with Crippen molar-refractivity contribution in [3.05, 3.63) is 21.9 Å². The molecule has 1 spiro atoms. The maximum Gasteiger partial charge on any atom is 0.326 e. The molecule has 8 heteroatoms. The number of carbonyl (C=O) groups is 4. The number of rotatable bonds is 3. The standard InChI is InChI=1S/C18H22N2O5S/c1-11(21)14-3-4-15(26-14)16(23)19-7-5-18(6-8-19)9-13(17(24)25)20(10-18)12(2)22/h3-4,13H,5-10H2,1-2H3,(H,24,25). The lowest BCUT2D eigenvalue weighted by atomic mass is 9.76. The summed E-state index contributed by atoms with van der Waals surface area (Å²) in [6, 6.07) is 2.58. The highest BCUT2D eigenvalue weighted by Gasteiger charge is 2.49. The first-order chi connectivity index (χ1) is 12.2.